The van der Waals surface area contributed by atoms with Crippen LogP contribution in [-0.2, 0) is 11.2 Å². The molecular weight excluding hydrogens is 348 g/mol. The first-order chi connectivity index (χ1) is 13.6. The van der Waals surface area contributed by atoms with Gasteiger partial charge in [0.15, 0.2) is 0 Å². The monoisotopic (exact) mass is 370 g/mol. The number of nitriles is 1. The van der Waals surface area contributed by atoms with E-state index in [1.807, 2.05) is 55.5 Å². The van der Waals surface area contributed by atoms with E-state index in [9.17, 15) is 10.1 Å². The molecule has 0 radical (unpaired) electrons. The number of benzene rings is 2. The van der Waals surface area contributed by atoms with Crippen LogP contribution in [0.2, 0.25) is 0 Å². The average molecular weight is 370 g/mol. The molecule has 3 rings (SSSR count). The number of amides is 1. The van der Waals surface area contributed by atoms with Crippen molar-refractivity contribution in [2.75, 3.05) is 0 Å². The average Bonchev–Trinajstić information content (AvgIpc) is 3.20. The molecule has 0 aliphatic heterocycles. The predicted molar refractivity (Wildman–Crippen MR) is 110 cm³/mol. The lowest BCUT2D eigenvalue weighted by Crippen LogP contribution is -2.27. The van der Waals surface area contributed by atoms with Crippen LogP contribution in [0.4, 0.5) is 0 Å². The topological polar surface area (TPSA) is 81.6 Å². The van der Waals surface area contributed by atoms with Gasteiger partial charge in [0.2, 0.25) is 0 Å². The second-order valence-corrected chi connectivity index (χ2v) is 6.53. The second-order valence-electron chi connectivity index (χ2n) is 6.53. The van der Waals surface area contributed by atoms with Crippen molar-refractivity contribution in [3.63, 3.8) is 0 Å². The van der Waals surface area contributed by atoms with Gasteiger partial charge >= 0.3 is 0 Å². The van der Waals surface area contributed by atoms with Gasteiger partial charge < -0.3 is 5.32 Å². The molecule has 3 aromatic rings. The molecule has 0 spiro atoms. The smallest absolute Gasteiger partial charge is 0.262 e. The van der Waals surface area contributed by atoms with Gasteiger partial charge in [-0.05, 0) is 30.5 Å². The van der Waals surface area contributed by atoms with Gasteiger partial charge in [-0.2, -0.15) is 10.4 Å². The molecule has 0 aliphatic rings. The highest BCUT2D eigenvalue weighted by atomic mass is 16.1. The van der Waals surface area contributed by atoms with E-state index in [2.05, 4.69) is 34.6 Å². The first-order valence-corrected chi connectivity index (χ1v) is 9.22. The molecule has 2 aromatic carbocycles. The molecule has 0 saturated heterocycles. The molecule has 0 fully saturated rings. The Labute approximate surface area is 164 Å². The zero-order valence-corrected chi connectivity index (χ0v) is 15.9. The van der Waals surface area contributed by atoms with Crippen LogP contribution in [0.25, 0.3) is 17.3 Å². The minimum atomic E-state index is -0.408. The molecule has 0 bridgehead atoms. The summed E-state index contributed by atoms with van der Waals surface area (Å²) in [5.74, 6) is -0.408. The summed E-state index contributed by atoms with van der Waals surface area (Å²) < 4.78 is 0. The fraction of sp³-hybridized carbons (Fsp3) is 0.174. The van der Waals surface area contributed by atoms with Crippen LogP contribution in [0.3, 0.4) is 0 Å². The Kier molecular flexibility index (Phi) is 6.03. The van der Waals surface area contributed by atoms with Crippen LogP contribution in [0.5, 0.6) is 0 Å². The van der Waals surface area contributed by atoms with Crippen molar-refractivity contribution in [2.45, 2.75) is 26.3 Å². The molecule has 1 amide bonds. The highest BCUT2D eigenvalue weighted by Gasteiger charge is 2.15. The first-order valence-electron chi connectivity index (χ1n) is 9.22. The van der Waals surface area contributed by atoms with E-state index >= 15 is 0 Å². The Morgan fingerprint density at radius 3 is 2.57 bits per heavy atom. The molecule has 28 heavy (non-hydrogen) atoms. The maximum Gasteiger partial charge on any atom is 0.262 e. The van der Waals surface area contributed by atoms with Gasteiger partial charge in [-0.15, -0.1) is 0 Å². The summed E-state index contributed by atoms with van der Waals surface area (Å²) in [7, 11) is 0. The second kappa shape index (κ2) is 8.83. The van der Waals surface area contributed by atoms with Crippen LogP contribution in [0.15, 0.2) is 66.4 Å². The number of aryl methyl sites for hydroxylation is 1. The normalized spacial score (nSPS) is 12.2. The predicted octanol–water partition coefficient (Wildman–Crippen LogP) is 4.42. The van der Waals surface area contributed by atoms with Crippen LogP contribution in [-0.4, -0.2) is 16.1 Å². The summed E-state index contributed by atoms with van der Waals surface area (Å²) in [6, 6.07) is 19.6. The van der Waals surface area contributed by atoms with E-state index in [-0.39, 0.29) is 11.6 Å². The number of H-pyrrole nitrogens is 1. The zero-order chi connectivity index (χ0) is 19.9. The number of carbonyl (C=O) groups excluding carboxylic acids is 1. The van der Waals surface area contributed by atoms with Gasteiger partial charge in [0.25, 0.3) is 5.91 Å². The Balaban J connectivity index is 1.79. The molecule has 1 unspecified atom stereocenters. The molecule has 1 heterocycles. The summed E-state index contributed by atoms with van der Waals surface area (Å²) >= 11 is 0. The van der Waals surface area contributed by atoms with Crippen molar-refractivity contribution < 1.29 is 4.79 Å². The Bertz CT molecular complexity index is 1010. The van der Waals surface area contributed by atoms with E-state index in [4.69, 9.17) is 0 Å². The SMILES string of the molecule is CCc1ccc(C(C)NC(=O)/C(C#N)=C\c2cn[nH]c2-c2ccccc2)cc1. The van der Waals surface area contributed by atoms with Gasteiger partial charge in [0.1, 0.15) is 11.6 Å². The Morgan fingerprint density at radius 2 is 1.93 bits per heavy atom. The third-order valence-electron chi connectivity index (χ3n) is 4.63. The largest absolute Gasteiger partial charge is 0.345 e. The fourth-order valence-corrected chi connectivity index (χ4v) is 2.94. The minimum Gasteiger partial charge on any atom is -0.345 e. The highest BCUT2D eigenvalue weighted by molar-refractivity contribution is 6.02. The quantitative estimate of drug-likeness (QED) is 0.498. The number of hydrogen-bond acceptors (Lipinski definition) is 3. The summed E-state index contributed by atoms with van der Waals surface area (Å²) in [4.78, 5) is 12.6. The van der Waals surface area contributed by atoms with Crippen molar-refractivity contribution in [3.05, 3.63) is 83.1 Å². The zero-order valence-electron chi connectivity index (χ0n) is 15.9. The van der Waals surface area contributed by atoms with E-state index in [0.717, 1.165) is 23.2 Å². The molecular formula is C23H22N4O. The lowest BCUT2D eigenvalue weighted by atomic mass is 10.0. The minimum absolute atomic E-state index is 0.0376. The number of aromatic amines is 1. The third kappa shape index (κ3) is 4.36. The van der Waals surface area contributed by atoms with E-state index < -0.39 is 5.91 Å². The number of nitrogens with zero attached hydrogens (tertiary/aromatic N) is 2. The molecule has 140 valence electrons. The van der Waals surface area contributed by atoms with E-state index in [0.29, 0.717) is 5.56 Å². The van der Waals surface area contributed by atoms with Crippen molar-refractivity contribution in [1.82, 2.24) is 15.5 Å². The van der Waals surface area contributed by atoms with Crippen molar-refractivity contribution >= 4 is 12.0 Å². The van der Waals surface area contributed by atoms with Gasteiger partial charge in [0.05, 0.1) is 17.9 Å². The third-order valence-corrected chi connectivity index (χ3v) is 4.63. The first kappa shape index (κ1) is 19.1. The van der Waals surface area contributed by atoms with Gasteiger partial charge in [-0.1, -0.05) is 61.5 Å². The molecule has 5 nitrogen and oxygen atoms in total. The van der Waals surface area contributed by atoms with Gasteiger partial charge in [-0.25, -0.2) is 0 Å². The van der Waals surface area contributed by atoms with E-state index in [1.165, 1.54) is 5.56 Å². The van der Waals surface area contributed by atoms with Crippen molar-refractivity contribution in [3.8, 4) is 17.3 Å². The summed E-state index contributed by atoms with van der Waals surface area (Å²) in [5.41, 5.74) is 4.68. The molecule has 1 atom stereocenters. The van der Waals surface area contributed by atoms with Crippen LogP contribution in [0, 0.1) is 11.3 Å². The molecule has 5 heteroatoms. The maximum absolute atomic E-state index is 12.6. The van der Waals surface area contributed by atoms with Gasteiger partial charge in [0, 0.05) is 11.1 Å². The number of nitrogens with one attached hydrogen (secondary N) is 2. The standard InChI is InChI=1S/C23H22N4O/c1-3-17-9-11-18(12-10-17)16(2)26-23(28)20(14-24)13-21-15-25-27-22(21)19-7-5-4-6-8-19/h4-13,15-16H,3H2,1-2H3,(H,25,27)(H,26,28)/b20-13-. The van der Waals surface area contributed by atoms with Crippen LogP contribution >= 0.6 is 0 Å². The van der Waals surface area contributed by atoms with Crippen molar-refractivity contribution in [2.24, 2.45) is 0 Å². The van der Waals surface area contributed by atoms with Crippen molar-refractivity contribution in [1.29, 1.82) is 5.26 Å². The Hall–Kier alpha value is -3.65. The van der Waals surface area contributed by atoms with Crippen LogP contribution < -0.4 is 5.32 Å². The highest BCUT2D eigenvalue weighted by Crippen LogP contribution is 2.23. The molecule has 1 aromatic heterocycles. The molecule has 0 saturated carbocycles. The molecule has 0 aliphatic carbocycles. The number of carbonyl (C=O) groups is 1. The molecule has 2 N–H and O–H groups in total. The maximum atomic E-state index is 12.6. The lowest BCUT2D eigenvalue weighted by Gasteiger charge is -2.14. The number of hydrogen-bond donors (Lipinski definition) is 2. The van der Waals surface area contributed by atoms with E-state index in [1.54, 1.807) is 12.3 Å². The summed E-state index contributed by atoms with van der Waals surface area (Å²) in [6.07, 6.45) is 4.14. The van der Waals surface area contributed by atoms with Crippen LogP contribution in [0.1, 0.15) is 36.6 Å². The number of rotatable bonds is 6. The van der Waals surface area contributed by atoms with Gasteiger partial charge in [-0.3, -0.25) is 9.89 Å². The Morgan fingerprint density at radius 1 is 1.21 bits per heavy atom. The summed E-state index contributed by atoms with van der Waals surface area (Å²) in [5, 5.41) is 19.4. The fourth-order valence-electron chi connectivity index (χ4n) is 2.94. The lowest BCUT2D eigenvalue weighted by molar-refractivity contribution is -0.117. The summed E-state index contributed by atoms with van der Waals surface area (Å²) in [6.45, 7) is 4.00. The number of aromatic nitrogens is 2.